The molecule has 2 amide bonds. The number of amides is 2. The monoisotopic (exact) mass is 422 g/mol. The molecule has 0 radical (unpaired) electrons. The standard InChI is InChI=1S/C26H34N2O3/c1-3-7-19(4-2)18-27-26(31)25(21-8-5-6-9-21)28(22-13-14-22)24(30)17-12-20-10-15-23(29)16-11-20/h3-4,7,10-11,15-16,21-22,25,29H,1-2,5-6,8-9,12-14,17-18H2,(H,27,31)/b19-7+. The highest BCUT2D eigenvalue weighted by Gasteiger charge is 2.44. The number of hydrogen-bond donors (Lipinski definition) is 2. The van der Waals surface area contributed by atoms with E-state index < -0.39 is 6.04 Å². The second kappa shape index (κ2) is 11.0. The van der Waals surface area contributed by atoms with Crippen LogP contribution in [0.1, 0.15) is 50.5 Å². The van der Waals surface area contributed by atoms with Crippen LogP contribution in [0.3, 0.4) is 0 Å². The van der Waals surface area contributed by atoms with Gasteiger partial charge in [-0.1, -0.05) is 56.4 Å². The summed E-state index contributed by atoms with van der Waals surface area (Å²) in [6.45, 7) is 7.88. The zero-order valence-electron chi connectivity index (χ0n) is 18.3. The van der Waals surface area contributed by atoms with Gasteiger partial charge < -0.3 is 15.3 Å². The summed E-state index contributed by atoms with van der Waals surface area (Å²) in [4.78, 5) is 28.5. The molecule has 1 aromatic rings. The third kappa shape index (κ3) is 6.33. The van der Waals surface area contributed by atoms with Gasteiger partial charge in [0.2, 0.25) is 11.8 Å². The van der Waals surface area contributed by atoms with Crippen molar-refractivity contribution in [2.24, 2.45) is 5.92 Å². The molecule has 1 unspecified atom stereocenters. The van der Waals surface area contributed by atoms with Gasteiger partial charge in [-0.05, 0) is 61.3 Å². The van der Waals surface area contributed by atoms with Crippen LogP contribution < -0.4 is 5.32 Å². The number of aromatic hydroxyl groups is 1. The Labute approximate surface area is 185 Å². The van der Waals surface area contributed by atoms with E-state index in [1.807, 2.05) is 23.1 Å². The van der Waals surface area contributed by atoms with Gasteiger partial charge in [-0.15, -0.1) is 0 Å². The largest absolute Gasteiger partial charge is 0.508 e. The summed E-state index contributed by atoms with van der Waals surface area (Å²) in [7, 11) is 0. The maximum absolute atomic E-state index is 13.3. The summed E-state index contributed by atoms with van der Waals surface area (Å²) in [6.07, 6.45) is 12.3. The lowest BCUT2D eigenvalue weighted by Gasteiger charge is -2.35. The number of nitrogens with zero attached hydrogens (tertiary/aromatic N) is 1. The first-order valence-electron chi connectivity index (χ1n) is 11.3. The molecule has 31 heavy (non-hydrogen) atoms. The molecule has 1 aromatic carbocycles. The maximum atomic E-state index is 13.3. The van der Waals surface area contributed by atoms with Crippen LogP contribution in [0.5, 0.6) is 5.75 Å². The Morgan fingerprint density at radius 2 is 1.81 bits per heavy atom. The van der Waals surface area contributed by atoms with E-state index in [2.05, 4.69) is 18.5 Å². The molecule has 5 heteroatoms. The Kier molecular flexibility index (Phi) is 8.10. The minimum absolute atomic E-state index is 0.0493. The van der Waals surface area contributed by atoms with Crippen LogP contribution in [0.15, 0.2) is 61.2 Å². The fourth-order valence-electron chi connectivity index (χ4n) is 4.47. The van der Waals surface area contributed by atoms with Gasteiger partial charge in [-0.3, -0.25) is 9.59 Å². The molecule has 0 spiro atoms. The van der Waals surface area contributed by atoms with Crippen molar-refractivity contribution in [3.05, 3.63) is 66.8 Å². The van der Waals surface area contributed by atoms with Gasteiger partial charge in [0.15, 0.2) is 0 Å². The van der Waals surface area contributed by atoms with Crippen LogP contribution >= 0.6 is 0 Å². The number of carbonyl (C=O) groups excluding carboxylic acids is 2. The molecule has 2 aliphatic carbocycles. The Morgan fingerprint density at radius 1 is 1.13 bits per heavy atom. The molecule has 0 aromatic heterocycles. The third-order valence-corrected chi connectivity index (χ3v) is 6.27. The highest BCUT2D eigenvalue weighted by atomic mass is 16.3. The number of rotatable bonds is 11. The minimum Gasteiger partial charge on any atom is -0.508 e. The van der Waals surface area contributed by atoms with E-state index in [4.69, 9.17) is 0 Å². The van der Waals surface area contributed by atoms with E-state index in [0.717, 1.165) is 49.7 Å². The summed E-state index contributed by atoms with van der Waals surface area (Å²) in [5.41, 5.74) is 1.90. The van der Waals surface area contributed by atoms with Crippen molar-refractivity contribution in [3.63, 3.8) is 0 Å². The minimum atomic E-state index is -0.405. The van der Waals surface area contributed by atoms with Crippen LogP contribution in [0.4, 0.5) is 0 Å². The van der Waals surface area contributed by atoms with Gasteiger partial charge >= 0.3 is 0 Å². The first-order chi connectivity index (χ1) is 15.0. The topological polar surface area (TPSA) is 69.6 Å². The van der Waals surface area contributed by atoms with Crippen LogP contribution in [-0.2, 0) is 16.0 Å². The van der Waals surface area contributed by atoms with Crippen molar-refractivity contribution in [3.8, 4) is 5.75 Å². The van der Waals surface area contributed by atoms with Crippen molar-refractivity contribution in [2.75, 3.05) is 6.54 Å². The molecule has 3 rings (SSSR count). The highest BCUT2D eigenvalue weighted by molar-refractivity contribution is 5.88. The Bertz CT molecular complexity index is 818. The molecule has 2 saturated carbocycles. The third-order valence-electron chi connectivity index (χ3n) is 6.27. The van der Waals surface area contributed by atoms with Crippen molar-refractivity contribution in [1.82, 2.24) is 10.2 Å². The van der Waals surface area contributed by atoms with Gasteiger partial charge in [0, 0.05) is 19.0 Å². The predicted molar refractivity (Wildman–Crippen MR) is 124 cm³/mol. The van der Waals surface area contributed by atoms with Crippen LogP contribution in [0.2, 0.25) is 0 Å². The Balaban J connectivity index is 1.72. The Hall–Kier alpha value is -2.82. The molecule has 0 saturated heterocycles. The van der Waals surface area contributed by atoms with E-state index in [1.54, 1.807) is 24.3 Å². The van der Waals surface area contributed by atoms with Crippen LogP contribution in [-0.4, -0.2) is 40.4 Å². The lowest BCUT2D eigenvalue weighted by molar-refractivity contribution is -0.143. The smallest absolute Gasteiger partial charge is 0.243 e. The summed E-state index contributed by atoms with van der Waals surface area (Å²) in [5.74, 6) is 0.424. The van der Waals surface area contributed by atoms with Crippen LogP contribution in [0, 0.1) is 5.92 Å². The molecular formula is C26H34N2O3. The number of nitrogens with one attached hydrogen (secondary N) is 1. The van der Waals surface area contributed by atoms with Gasteiger partial charge in [0.05, 0.1) is 0 Å². The van der Waals surface area contributed by atoms with Crippen molar-refractivity contribution < 1.29 is 14.7 Å². The first-order valence-corrected chi connectivity index (χ1v) is 11.3. The summed E-state index contributed by atoms with van der Waals surface area (Å²) >= 11 is 0. The van der Waals surface area contributed by atoms with E-state index >= 15 is 0 Å². The maximum Gasteiger partial charge on any atom is 0.243 e. The lowest BCUT2D eigenvalue weighted by atomic mass is 9.94. The molecule has 5 nitrogen and oxygen atoms in total. The Morgan fingerprint density at radius 3 is 2.39 bits per heavy atom. The van der Waals surface area contributed by atoms with E-state index in [1.165, 1.54) is 0 Å². The molecule has 166 valence electrons. The first kappa shape index (κ1) is 22.9. The van der Waals surface area contributed by atoms with Gasteiger partial charge in [-0.25, -0.2) is 0 Å². The van der Waals surface area contributed by atoms with Gasteiger partial charge in [-0.2, -0.15) is 0 Å². The van der Waals surface area contributed by atoms with Gasteiger partial charge in [0.1, 0.15) is 11.8 Å². The van der Waals surface area contributed by atoms with Crippen LogP contribution in [0.25, 0.3) is 0 Å². The molecule has 1 atom stereocenters. The molecule has 0 bridgehead atoms. The predicted octanol–water partition coefficient (Wildman–Crippen LogP) is 4.29. The SMILES string of the molecule is C=C/C=C(\C=C)CNC(=O)C(C1CCCC1)N(C(=O)CCc1ccc(O)cc1)C1CC1. The van der Waals surface area contributed by atoms with E-state index in [-0.39, 0.29) is 29.5 Å². The van der Waals surface area contributed by atoms with Crippen molar-refractivity contribution in [1.29, 1.82) is 0 Å². The van der Waals surface area contributed by atoms with Crippen molar-refractivity contribution in [2.45, 2.75) is 63.5 Å². The lowest BCUT2D eigenvalue weighted by Crippen LogP contribution is -2.54. The zero-order valence-corrected chi connectivity index (χ0v) is 18.3. The summed E-state index contributed by atoms with van der Waals surface area (Å²) < 4.78 is 0. The molecular weight excluding hydrogens is 388 g/mol. The summed E-state index contributed by atoms with van der Waals surface area (Å²) in [6, 6.07) is 6.73. The number of carbonyl (C=O) groups is 2. The van der Waals surface area contributed by atoms with Crippen molar-refractivity contribution >= 4 is 11.8 Å². The average Bonchev–Trinajstić information content (AvgIpc) is 3.47. The number of benzene rings is 1. The van der Waals surface area contributed by atoms with E-state index in [9.17, 15) is 14.7 Å². The number of phenolic OH excluding ortho intramolecular Hbond substituents is 1. The van der Waals surface area contributed by atoms with Gasteiger partial charge in [0.25, 0.3) is 0 Å². The fourth-order valence-corrected chi connectivity index (χ4v) is 4.47. The quantitative estimate of drug-likeness (QED) is 0.523. The molecule has 2 fully saturated rings. The highest BCUT2D eigenvalue weighted by Crippen LogP contribution is 2.37. The normalized spacial score (nSPS) is 17.7. The number of phenols is 1. The average molecular weight is 423 g/mol. The summed E-state index contributed by atoms with van der Waals surface area (Å²) in [5, 5.41) is 12.5. The number of hydrogen-bond acceptors (Lipinski definition) is 3. The molecule has 2 N–H and O–H groups in total. The molecule has 0 heterocycles. The van der Waals surface area contributed by atoms with E-state index in [0.29, 0.717) is 19.4 Å². The number of allylic oxidation sites excluding steroid dienone is 2. The molecule has 2 aliphatic rings. The second-order valence-electron chi connectivity index (χ2n) is 8.59. The number of aryl methyl sites for hydroxylation is 1. The molecule has 0 aliphatic heterocycles. The second-order valence-corrected chi connectivity index (χ2v) is 8.59. The zero-order chi connectivity index (χ0) is 22.2. The fraction of sp³-hybridized carbons (Fsp3) is 0.462.